The maximum absolute atomic E-state index is 13.5. The second kappa shape index (κ2) is 9.98. The summed E-state index contributed by atoms with van der Waals surface area (Å²) in [5.41, 5.74) is 1.19. The maximum Gasteiger partial charge on any atom is 0.268 e. The van der Waals surface area contributed by atoms with Crippen LogP contribution in [0.15, 0.2) is 24.3 Å². The highest BCUT2D eigenvalue weighted by molar-refractivity contribution is 7.98. The summed E-state index contributed by atoms with van der Waals surface area (Å²) in [6.45, 7) is 0. The Labute approximate surface area is 180 Å². The summed E-state index contributed by atoms with van der Waals surface area (Å²) in [7, 11) is 1.77. The van der Waals surface area contributed by atoms with E-state index in [1.165, 1.54) is 12.1 Å². The Kier molecular flexibility index (Phi) is 7.38. The molecular weight excluding hydrogens is 403 g/mol. The number of hydrogen-bond donors (Lipinski definition) is 2. The van der Waals surface area contributed by atoms with Gasteiger partial charge in [0.2, 0.25) is 5.91 Å². The molecule has 3 rings (SSSR count). The van der Waals surface area contributed by atoms with E-state index in [9.17, 15) is 19.2 Å². The minimum atomic E-state index is -0.517. The third-order valence-corrected chi connectivity index (χ3v) is 6.38. The van der Waals surface area contributed by atoms with Crippen molar-refractivity contribution >= 4 is 34.5 Å². The number of rotatable bonds is 7. The lowest BCUT2D eigenvalue weighted by molar-refractivity contribution is -0.127. The predicted octanol–water partition coefficient (Wildman–Crippen LogP) is 3.37. The van der Waals surface area contributed by atoms with Crippen LogP contribution >= 0.6 is 11.8 Å². The molecule has 160 valence electrons. The Bertz CT molecular complexity index is 968. The van der Waals surface area contributed by atoms with E-state index >= 15 is 0 Å². The molecule has 2 aromatic rings. The topological polar surface area (TPSA) is 86.9 Å². The van der Waals surface area contributed by atoms with Crippen molar-refractivity contribution in [1.29, 1.82) is 5.26 Å². The zero-order valence-corrected chi connectivity index (χ0v) is 18.1. The SMILES string of the molecule is CSCCC(C#N)NC(=O)C1CCCCC1NC(=O)c1cc2cc(F)ccc2n1C. The lowest BCUT2D eigenvalue weighted by Crippen LogP contribution is -2.50. The first-order chi connectivity index (χ1) is 14.4. The normalized spacial score (nSPS) is 19.8. The zero-order chi connectivity index (χ0) is 21.7. The summed E-state index contributed by atoms with van der Waals surface area (Å²) >= 11 is 1.63. The number of benzene rings is 1. The average Bonchev–Trinajstić information content (AvgIpc) is 3.07. The van der Waals surface area contributed by atoms with Crippen molar-refractivity contribution in [3.63, 3.8) is 0 Å². The van der Waals surface area contributed by atoms with Gasteiger partial charge in [0.1, 0.15) is 17.6 Å². The first kappa shape index (κ1) is 22.2. The van der Waals surface area contributed by atoms with Gasteiger partial charge in [-0.1, -0.05) is 12.8 Å². The average molecular weight is 431 g/mol. The number of nitrogens with one attached hydrogen (secondary N) is 2. The number of nitriles is 1. The number of thioether (sulfide) groups is 1. The van der Waals surface area contributed by atoms with Crippen molar-refractivity contribution in [2.75, 3.05) is 12.0 Å². The van der Waals surface area contributed by atoms with Crippen LogP contribution in [0.2, 0.25) is 0 Å². The molecule has 0 spiro atoms. The smallest absolute Gasteiger partial charge is 0.268 e. The van der Waals surface area contributed by atoms with E-state index in [1.807, 2.05) is 6.26 Å². The summed E-state index contributed by atoms with van der Waals surface area (Å²) in [4.78, 5) is 25.8. The number of hydrogen-bond acceptors (Lipinski definition) is 4. The summed E-state index contributed by atoms with van der Waals surface area (Å²) < 4.78 is 15.3. The number of aryl methyl sites for hydroxylation is 1. The molecule has 2 amide bonds. The van der Waals surface area contributed by atoms with Crippen LogP contribution in [0.1, 0.15) is 42.6 Å². The summed E-state index contributed by atoms with van der Waals surface area (Å²) in [5.74, 6) is -0.368. The highest BCUT2D eigenvalue weighted by atomic mass is 32.2. The lowest BCUT2D eigenvalue weighted by atomic mass is 9.83. The minimum Gasteiger partial charge on any atom is -0.347 e. The molecule has 1 fully saturated rings. The van der Waals surface area contributed by atoms with E-state index in [1.54, 1.807) is 35.5 Å². The van der Waals surface area contributed by atoms with Crippen molar-refractivity contribution in [2.24, 2.45) is 13.0 Å². The lowest BCUT2D eigenvalue weighted by Gasteiger charge is -2.31. The highest BCUT2D eigenvalue weighted by Crippen LogP contribution is 2.26. The largest absolute Gasteiger partial charge is 0.347 e. The van der Waals surface area contributed by atoms with Crippen molar-refractivity contribution < 1.29 is 14.0 Å². The number of halogens is 1. The molecule has 1 saturated carbocycles. The molecule has 1 aliphatic rings. The van der Waals surface area contributed by atoms with Gasteiger partial charge in [-0.25, -0.2) is 4.39 Å². The summed E-state index contributed by atoms with van der Waals surface area (Å²) in [6.07, 6.45) is 5.80. The van der Waals surface area contributed by atoms with Crippen molar-refractivity contribution in [3.8, 4) is 6.07 Å². The Morgan fingerprint density at radius 1 is 1.33 bits per heavy atom. The first-order valence-corrected chi connectivity index (χ1v) is 11.6. The van der Waals surface area contributed by atoms with Gasteiger partial charge in [-0.2, -0.15) is 17.0 Å². The van der Waals surface area contributed by atoms with Crippen LogP contribution in [0.5, 0.6) is 0 Å². The van der Waals surface area contributed by atoms with Gasteiger partial charge >= 0.3 is 0 Å². The molecule has 3 atom stereocenters. The number of carbonyl (C=O) groups excluding carboxylic acids is 2. The standard InChI is InChI=1S/C22H27FN4O2S/c1-27-19-8-7-15(23)11-14(19)12-20(27)22(29)26-18-6-4-3-5-17(18)21(28)25-16(13-24)9-10-30-2/h7-8,11-12,16-18H,3-6,9-10H2,1-2H3,(H,25,28)(H,26,29). The number of aromatic nitrogens is 1. The molecule has 3 unspecified atom stereocenters. The maximum atomic E-state index is 13.5. The van der Waals surface area contributed by atoms with Gasteiger partial charge in [0.05, 0.1) is 12.0 Å². The van der Waals surface area contributed by atoms with Crippen LogP contribution in [0, 0.1) is 23.1 Å². The first-order valence-electron chi connectivity index (χ1n) is 10.2. The predicted molar refractivity (Wildman–Crippen MR) is 117 cm³/mol. The van der Waals surface area contributed by atoms with Crippen LogP contribution in [0.25, 0.3) is 10.9 Å². The van der Waals surface area contributed by atoms with E-state index < -0.39 is 6.04 Å². The van der Waals surface area contributed by atoms with E-state index in [2.05, 4.69) is 16.7 Å². The molecule has 0 saturated heterocycles. The molecule has 1 aromatic carbocycles. The molecule has 0 aliphatic heterocycles. The van der Waals surface area contributed by atoms with Gasteiger partial charge in [0.15, 0.2) is 0 Å². The van der Waals surface area contributed by atoms with Crippen LogP contribution in [0.3, 0.4) is 0 Å². The molecule has 6 nitrogen and oxygen atoms in total. The van der Waals surface area contributed by atoms with E-state index in [-0.39, 0.29) is 29.6 Å². The van der Waals surface area contributed by atoms with Crippen LogP contribution in [0.4, 0.5) is 4.39 Å². The van der Waals surface area contributed by atoms with Gasteiger partial charge < -0.3 is 15.2 Å². The van der Waals surface area contributed by atoms with Crippen molar-refractivity contribution in [3.05, 3.63) is 35.8 Å². The number of nitrogens with zero attached hydrogens (tertiary/aromatic N) is 2. The van der Waals surface area contributed by atoms with Crippen LogP contribution < -0.4 is 10.6 Å². The molecule has 0 bridgehead atoms. The third kappa shape index (κ3) is 4.96. The Hall–Kier alpha value is -2.53. The summed E-state index contributed by atoms with van der Waals surface area (Å²) in [6, 6.07) is 7.43. The molecule has 0 radical (unpaired) electrons. The molecular formula is C22H27FN4O2S. The van der Waals surface area contributed by atoms with Gasteiger partial charge in [0, 0.05) is 24.0 Å². The van der Waals surface area contributed by atoms with Crippen LogP contribution in [-0.2, 0) is 11.8 Å². The molecule has 8 heteroatoms. The number of amides is 2. The van der Waals surface area contributed by atoms with Gasteiger partial charge in [0.25, 0.3) is 5.91 Å². The molecule has 1 aliphatic carbocycles. The molecule has 1 heterocycles. The Balaban J connectivity index is 1.72. The monoisotopic (exact) mass is 430 g/mol. The fourth-order valence-electron chi connectivity index (χ4n) is 4.08. The third-order valence-electron chi connectivity index (χ3n) is 5.74. The molecule has 2 N–H and O–H groups in total. The molecule has 1 aromatic heterocycles. The van der Waals surface area contributed by atoms with E-state index in [0.29, 0.717) is 30.3 Å². The fraction of sp³-hybridized carbons (Fsp3) is 0.500. The second-order valence-electron chi connectivity index (χ2n) is 7.73. The summed E-state index contributed by atoms with van der Waals surface area (Å²) in [5, 5.41) is 15.8. The van der Waals surface area contributed by atoms with Gasteiger partial charge in [-0.05, 0) is 55.5 Å². The van der Waals surface area contributed by atoms with E-state index in [4.69, 9.17) is 0 Å². The van der Waals surface area contributed by atoms with Crippen molar-refractivity contribution in [2.45, 2.75) is 44.2 Å². The Morgan fingerprint density at radius 2 is 2.10 bits per heavy atom. The quantitative estimate of drug-likeness (QED) is 0.705. The van der Waals surface area contributed by atoms with Gasteiger partial charge in [-0.3, -0.25) is 9.59 Å². The fourth-order valence-corrected chi connectivity index (χ4v) is 4.55. The van der Waals surface area contributed by atoms with Crippen LogP contribution in [-0.4, -0.2) is 40.5 Å². The Morgan fingerprint density at radius 3 is 2.83 bits per heavy atom. The highest BCUT2D eigenvalue weighted by Gasteiger charge is 2.33. The van der Waals surface area contributed by atoms with Gasteiger partial charge in [-0.15, -0.1) is 0 Å². The second-order valence-corrected chi connectivity index (χ2v) is 8.72. The van der Waals surface area contributed by atoms with E-state index in [0.717, 1.165) is 24.1 Å². The van der Waals surface area contributed by atoms with Crippen molar-refractivity contribution in [1.82, 2.24) is 15.2 Å². The number of carbonyl (C=O) groups is 2. The molecule has 30 heavy (non-hydrogen) atoms. The minimum absolute atomic E-state index is 0.174. The zero-order valence-electron chi connectivity index (χ0n) is 17.3. The number of fused-ring (bicyclic) bond motifs is 1.